The zero-order valence-electron chi connectivity index (χ0n) is 9.95. The minimum absolute atomic E-state index is 0.00847. The number of nitro groups is 1. The van der Waals surface area contributed by atoms with Crippen molar-refractivity contribution >= 4 is 27.6 Å². The molecule has 2 rings (SSSR count). The predicted octanol–water partition coefficient (Wildman–Crippen LogP) is 3.85. The third-order valence-electron chi connectivity index (χ3n) is 2.46. The number of benzene rings is 2. The second-order valence-corrected chi connectivity index (χ2v) is 4.63. The minimum Gasteiger partial charge on any atom is -0.478 e. The van der Waals surface area contributed by atoms with E-state index < -0.39 is 10.9 Å². The first kappa shape index (κ1) is 14.0. The lowest BCUT2D eigenvalue weighted by atomic mass is 10.2. The Balaban J connectivity index is 2.33. The predicted molar refractivity (Wildman–Crippen MR) is 74.3 cm³/mol. The molecule has 0 bridgehead atoms. The van der Waals surface area contributed by atoms with E-state index in [1.807, 2.05) is 0 Å². The van der Waals surface area contributed by atoms with E-state index in [9.17, 15) is 14.9 Å². The summed E-state index contributed by atoms with van der Waals surface area (Å²) >= 11 is 3.14. The average Bonchev–Trinajstić information content (AvgIpc) is 2.39. The largest absolute Gasteiger partial charge is 0.478 e. The second-order valence-electron chi connectivity index (χ2n) is 3.77. The Kier molecular flexibility index (Phi) is 3.99. The first-order valence-corrected chi connectivity index (χ1v) is 6.22. The summed E-state index contributed by atoms with van der Waals surface area (Å²) in [7, 11) is 0. The molecule has 2 aromatic carbocycles. The molecule has 20 heavy (non-hydrogen) atoms. The fraction of sp³-hybridized carbons (Fsp3) is 0. The van der Waals surface area contributed by atoms with E-state index in [4.69, 9.17) is 9.84 Å². The van der Waals surface area contributed by atoms with Crippen molar-refractivity contribution in [1.29, 1.82) is 0 Å². The molecule has 6 nitrogen and oxygen atoms in total. The quantitative estimate of drug-likeness (QED) is 0.676. The Bertz CT molecular complexity index is 669. The monoisotopic (exact) mass is 337 g/mol. The van der Waals surface area contributed by atoms with Crippen molar-refractivity contribution in [2.45, 2.75) is 0 Å². The molecule has 0 saturated heterocycles. The first-order valence-electron chi connectivity index (χ1n) is 5.43. The molecule has 0 heterocycles. The van der Waals surface area contributed by atoms with Crippen molar-refractivity contribution in [3.8, 4) is 11.5 Å². The van der Waals surface area contributed by atoms with Gasteiger partial charge in [-0.15, -0.1) is 0 Å². The number of halogens is 1. The molecule has 0 atom stereocenters. The standard InChI is InChI=1S/C13H8BrNO5/c14-10-2-1-3-11(12(10)13(16)17)20-9-6-4-8(5-7-9)15(18)19/h1-7H,(H,16,17). The maximum Gasteiger partial charge on any atom is 0.340 e. The second kappa shape index (κ2) is 5.70. The van der Waals surface area contributed by atoms with Crippen LogP contribution in [-0.4, -0.2) is 16.0 Å². The van der Waals surface area contributed by atoms with E-state index in [-0.39, 0.29) is 17.0 Å². The Labute approximate surface area is 121 Å². The SMILES string of the molecule is O=C(O)c1c(Br)cccc1Oc1ccc([N+](=O)[O-])cc1. The lowest BCUT2D eigenvalue weighted by Crippen LogP contribution is -2.01. The van der Waals surface area contributed by atoms with Gasteiger partial charge in [0.1, 0.15) is 17.1 Å². The van der Waals surface area contributed by atoms with Gasteiger partial charge >= 0.3 is 5.97 Å². The molecule has 7 heteroatoms. The Hall–Kier alpha value is -2.41. The van der Waals surface area contributed by atoms with Gasteiger partial charge < -0.3 is 9.84 Å². The normalized spacial score (nSPS) is 10.1. The summed E-state index contributed by atoms with van der Waals surface area (Å²) in [6, 6.07) is 10.1. The average molecular weight is 338 g/mol. The molecular formula is C13H8BrNO5. The van der Waals surface area contributed by atoms with Crippen molar-refractivity contribution in [2.75, 3.05) is 0 Å². The number of carbonyl (C=O) groups is 1. The highest BCUT2D eigenvalue weighted by atomic mass is 79.9. The number of hydrogen-bond donors (Lipinski definition) is 1. The van der Waals surface area contributed by atoms with Gasteiger partial charge in [-0.05, 0) is 40.2 Å². The van der Waals surface area contributed by atoms with Crippen molar-refractivity contribution < 1.29 is 19.6 Å². The zero-order chi connectivity index (χ0) is 14.7. The van der Waals surface area contributed by atoms with Gasteiger partial charge in [-0.3, -0.25) is 10.1 Å². The number of aromatic carboxylic acids is 1. The molecule has 0 aliphatic heterocycles. The van der Waals surface area contributed by atoms with Crippen molar-refractivity contribution in [3.63, 3.8) is 0 Å². The Morgan fingerprint density at radius 3 is 2.40 bits per heavy atom. The maximum atomic E-state index is 11.2. The van der Waals surface area contributed by atoms with Crippen LogP contribution in [0.4, 0.5) is 5.69 Å². The van der Waals surface area contributed by atoms with Crippen LogP contribution >= 0.6 is 15.9 Å². The van der Waals surface area contributed by atoms with Crippen LogP contribution in [0.1, 0.15) is 10.4 Å². The van der Waals surface area contributed by atoms with Crippen LogP contribution in [0.15, 0.2) is 46.9 Å². The maximum absolute atomic E-state index is 11.2. The van der Waals surface area contributed by atoms with Gasteiger partial charge in [0.25, 0.3) is 5.69 Å². The highest BCUT2D eigenvalue weighted by molar-refractivity contribution is 9.10. The highest BCUT2D eigenvalue weighted by Gasteiger charge is 2.16. The van der Waals surface area contributed by atoms with Gasteiger partial charge in [-0.25, -0.2) is 4.79 Å². The molecule has 0 aromatic heterocycles. The summed E-state index contributed by atoms with van der Waals surface area (Å²) in [6.45, 7) is 0. The molecule has 0 aliphatic carbocycles. The van der Waals surface area contributed by atoms with E-state index >= 15 is 0 Å². The van der Waals surface area contributed by atoms with Crippen LogP contribution in [0.2, 0.25) is 0 Å². The molecule has 2 aromatic rings. The third kappa shape index (κ3) is 2.94. The van der Waals surface area contributed by atoms with Gasteiger partial charge in [0.05, 0.1) is 4.92 Å². The van der Waals surface area contributed by atoms with Crippen LogP contribution in [-0.2, 0) is 0 Å². The van der Waals surface area contributed by atoms with Crippen molar-refractivity contribution in [2.24, 2.45) is 0 Å². The Morgan fingerprint density at radius 2 is 1.85 bits per heavy atom. The number of hydrogen-bond acceptors (Lipinski definition) is 4. The van der Waals surface area contributed by atoms with Gasteiger partial charge in [-0.2, -0.15) is 0 Å². The van der Waals surface area contributed by atoms with E-state index in [1.165, 1.54) is 30.3 Å². The molecule has 1 N–H and O–H groups in total. The van der Waals surface area contributed by atoms with Gasteiger partial charge in [0.2, 0.25) is 0 Å². The van der Waals surface area contributed by atoms with E-state index in [0.29, 0.717) is 10.2 Å². The summed E-state index contributed by atoms with van der Waals surface area (Å²) < 4.78 is 5.85. The van der Waals surface area contributed by atoms with E-state index in [1.54, 1.807) is 12.1 Å². The molecule has 0 amide bonds. The first-order chi connectivity index (χ1) is 9.49. The lowest BCUT2D eigenvalue weighted by molar-refractivity contribution is -0.384. The van der Waals surface area contributed by atoms with E-state index in [2.05, 4.69) is 15.9 Å². The summed E-state index contributed by atoms with van der Waals surface area (Å²) in [5, 5.41) is 19.7. The molecule has 0 fully saturated rings. The number of carboxylic acid groups (broad SMARTS) is 1. The smallest absolute Gasteiger partial charge is 0.340 e. The lowest BCUT2D eigenvalue weighted by Gasteiger charge is -2.09. The molecule has 0 radical (unpaired) electrons. The van der Waals surface area contributed by atoms with E-state index in [0.717, 1.165) is 0 Å². The highest BCUT2D eigenvalue weighted by Crippen LogP contribution is 2.31. The molecule has 102 valence electrons. The minimum atomic E-state index is -1.13. The number of ether oxygens (including phenoxy) is 1. The summed E-state index contributed by atoms with van der Waals surface area (Å²) in [5.41, 5.74) is -0.0732. The van der Waals surface area contributed by atoms with Gasteiger partial charge in [0.15, 0.2) is 0 Å². The molecular weight excluding hydrogens is 330 g/mol. The summed E-state index contributed by atoms with van der Waals surface area (Å²) in [5.74, 6) is -0.661. The number of rotatable bonds is 4. The Morgan fingerprint density at radius 1 is 1.20 bits per heavy atom. The van der Waals surface area contributed by atoms with Gasteiger partial charge in [0, 0.05) is 16.6 Å². The van der Waals surface area contributed by atoms with Crippen molar-refractivity contribution in [3.05, 3.63) is 62.6 Å². The number of non-ortho nitro benzene ring substituents is 1. The zero-order valence-corrected chi connectivity index (χ0v) is 11.5. The van der Waals surface area contributed by atoms with Crippen molar-refractivity contribution in [1.82, 2.24) is 0 Å². The van der Waals surface area contributed by atoms with Gasteiger partial charge in [-0.1, -0.05) is 6.07 Å². The fourth-order valence-corrected chi connectivity index (χ4v) is 2.08. The van der Waals surface area contributed by atoms with Crippen LogP contribution in [0.3, 0.4) is 0 Å². The summed E-state index contributed by atoms with van der Waals surface area (Å²) in [6.07, 6.45) is 0. The number of nitro benzene ring substituents is 1. The van der Waals surface area contributed by atoms with Crippen LogP contribution < -0.4 is 4.74 Å². The van der Waals surface area contributed by atoms with Crippen LogP contribution in [0.25, 0.3) is 0 Å². The fourth-order valence-electron chi connectivity index (χ4n) is 1.56. The topological polar surface area (TPSA) is 89.7 Å². The van der Waals surface area contributed by atoms with Crippen LogP contribution in [0.5, 0.6) is 11.5 Å². The molecule has 0 saturated carbocycles. The molecule has 0 spiro atoms. The third-order valence-corrected chi connectivity index (χ3v) is 3.13. The number of nitrogens with zero attached hydrogens (tertiary/aromatic N) is 1. The number of carboxylic acids is 1. The summed E-state index contributed by atoms with van der Waals surface area (Å²) in [4.78, 5) is 21.2. The van der Waals surface area contributed by atoms with Crippen LogP contribution in [0, 0.1) is 10.1 Å². The molecule has 0 unspecified atom stereocenters. The molecule has 0 aliphatic rings.